The van der Waals surface area contributed by atoms with Crippen molar-refractivity contribution in [2.24, 2.45) is 11.8 Å². The number of rotatable bonds is 14. The van der Waals surface area contributed by atoms with Crippen LogP contribution in [0, 0.1) is 11.8 Å². The van der Waals surface area contributed by atoms with Crippen molar-refractivity contribution in [1.82, 2.24) is 0 Å². The lowest BCUT2D eigenvalue weighted by Gasteiger charge is -2.19. The molecule has 5 heteroatoms. The first-order valence-corrected chi connectivity index (χ1v) is 9.94. The molecular weight excluding hydrogens is 332 g/mol. The lowest BCUT2D eigenvalue weighted by atomic mass is 9.89. The average Bonchev–Trinajstić information content (AvgIpc) is 2.86. The van der Waals surface area contributed by atoms with Gasteiger partial charge in [-0.15, -0.1) is 0 Å². The van der Waals surface area contributed by atoms with Gasteiger partial charge in [-0.1, -0.05) is 37.1 Å². The summed E-state index contributed by atoms with van der Waals surface area (Å²) in [5.74, 6) is -0.725. The van der Waals surface area contributed by atoms with E-state index in [1.807, 2.05) is 12.2 Å². The average molecular weight is 369 g/mol. The molecule has 0 radical (unpaired) electrons. The molecule has 1 unspecified atom stereocenters. The Bertz CT molecular complexity index is 432. The minimum absolute atomic E-state index is 0.00200. The molecule has 5 nitrogen and oxygen atoms in total. The van der Waals surface area contributed by atoms with E-state index in [9.17, 15) is 15.0 Å². The minimum atomic E-state index is -0.767. The van der Waals surface area contributed by atoms with E-state index < -0.39 is 18.2 Å². The summed E-state index contributed by atoms with van der Waals surface area (Å²) in [7, 11) is 1.73. The molecule has 0 bridgehead atoms. The zero-order chi connectivity index (χ0) is 19.2. The predicted octanol–water partition coefficient (Wildman–Crippen LogP) is 3.70. The number of hydrogen-bond donors (Lipinski definition) is 3. The summed E-state index contributed by atoms with van der Waals surface area (Å²) < 4.78 is 5.04. The maximum atomic E-state index is 10.5. The van der Waals surface area contributed by atoms with Gasteiger partial charge in [0.15, 0.2) is 0 Å². The number of aliphatic hydroxyl groups is 2. The second-order valence-electron chi connectivity index (χ2n) is 7.23. The number of unbranched alkanes of at least 4 members (excludes halogenated alkanes) is 5. The molecule has 0 saturated heterocycles. The molecule has 1 aliphatic rings. The number of carboxylic acid groups (broad SMARTS) is 1. The van der Waals surface area contributed by atoms with Crippen LogP contribution in [-0.4, -0.2) is 47.2 Å². The van der Waals surface area contributed by atoms with E-state index in [-0.39, 0.29) is 18.3 Å². The van der Waals surface area contributed by atoms with Gasteiger partial charge in [0, 0.05) is 32.5 Å². The largest absolute Gasteiger partial charge is 0.481 e. The molecule has 0 aromatic rings. The Kier molecular flexibility index (Phi) is 12.3. The van der Waals surface area contributed by atoms with E-state index in [2.05, 4.69) is 12.2 Å². The van der Waals surface area contributed by atoms with Crippen molar-refractivity contribution >= 4 is 5.97 Å². The fourth-order valence-electron chi connectivity index (χ4n) is 3.56. The first kappa shape index (κ1) is 22.9. The Morgan fingerprint density at radius 3 is 2.46 bits per heavy atom. The molecule has 0 aromatic heterocycles. The lowest BCUT2D eigenvalue weighted by molar-refractivity contribution is -0.137. The Morgan fingerprint density at radius 1 is 1.00 bits per heavy atom. The first-order valence-electron chi connectivity index (χ1n) is 9.94. The van der Waals surface area contributed by atoms with Crippen LogP contribution in [0.5, 0.6) is 0 Å². The van der Waals surface area contributed by atoms with Gasteiger partial charge in [0.05, 0.1) is 12.2 Å². The third-order valence-electron chi connectivity index (χ3n) is 5.08. The number of hydrogen-bond acceptors (Lipinski definition) is 4. The predicted molar refractivity (Wildman–Crippen MR) is 103 cm³/mol. The summed E-state index contributed by atoms with van der Waals surface area (Å²) in [6, 6.07) is 0. The van der Waals surface area contributed by atoms with Gasteiger partial charge < -0.3 is 20.1 Å². The van der Waals surface area contributed by atoms with Crippen LogP contribution in [0.25, 0.3) is 0 Å². The molecular formula is C21H36O5. The van der Waals surface area contributed by atoms with Crippen LogP contribution >= 0.6 is 0 Å². The normalized spacial score (nSPS) is 26.3. The topological polar surface area (TPSA) is 87.0 Å². The Labute approximate surface area is 157 Å². The second-order valence-corrected chi connectivity index (χ2v) is 7.23. The van der Waals surface area contributed by atoms with Gasteiger partial charge in [-0.25, -0.2) is 0 Å². The van der Waals surface area contributed by atoms with Crippen molar-refractivity contribution in [2.75, 3.05) is 13.7 Å². The zero-order valence-electron chi connectivity index (χ0n) is 16.1. The standard InChI is InChI=1S/C21H36O5/c1-26-15-11-7-3-2-4-8-12-17-18(20(23)16-19(17)22)13-9-5-6-10-14-21(24)25/h5,8-9,12,17-20,22-23H,2-4,6-7,10-11,13-16H2,1H3,(H,24,25)/b9-5-,12-8+/t17-,18?,19-,20+/m1/s1. The van der Waals surface area contributed by atoms with Crippen molar-refractivity contribution in [1.29, 1.82) is 0 Å². The number of methoxy groups -OCH3 is 1. The van der Waals surface area contributed by atoms with Gasteiger partial charge in [0.2, 0.25) is 0 Å². The summed E-state index contributed by atoms with van der Waals surface area (Å²) in [5.41, 5.74) is 0. The quantitative estimate of drug-likeness (QED) is 0.321. The number of carboxylic acids is 1. The first-order chi connectivity index (χ1) is 12.6. The van der Waals surface area contributed by atoms with E-state index in [0.29, 0.717) is 12.8 Å². The van der Waals surface area contributed by atoms with Crippen molar-refractivity contribution in [3.63, 3.8) is 0 Å². The van der Waals surface area contributed by atoms with Crippen LogP contribution in [0.1, 0.15) is 64.2 Å². The zero-order valence-corrected chi connectivity index (χ0v) is 16.1. The van der Waals surface area contributed by atoms with Crippen LogP contribution in [0.2, 0.25) is 0 Å². The van der Waals surface area contributed by atoms with Crippen molar-refractivity contribution in [3.8, 4) is 0 Å². The third-order valence-corrected chi connectivity index (χ3v) is 5.08. The molecule has 150 valence electrons. The molecule has 1 fully saturated rings. The van der Waals surface area contributed by atoms with Crippen LogP contribution in [0.4, 0.5) is 0 Å². The van der Waals surface area contributed by atoms with E-state index in [1.165, 1.54) is 12.8 Å². The van der Waals surface area contributed by atoms with Gasteiger partial charge >= 0.3 is 5.97 Å². The molecule has 1 rings (SSSR count). The molecule has 4 atom stereocenters. The Hall–Kier alpha value is -1.17. The van der Waals surface area contributed by atoms with E-state index in [1.54, 1.807) is 7.11 Å². The van der Waals surface area contributed by atoms with Crippen molar-refractivity contribution < 1.29 is 24.9 Å². The number of aliphatic carboxylic acids is 1. The minimum Gasteiger partial charge on any atom is -0.481 e. The fourth-order valence-corrected chi connectivity index (χ4v) is 3.56. The third kappa shape index (κ3) is 9.51. The molecule has 1 aliphatic carbocycles. The monoisotopic (exact) mass is 368 g/mol. The Morgan fingerprint density at radius 2 is 1.73 bits per heavy atom. The molecule has 3 N–H and O–H groups in total. The van der Waals surface area contributed by atoms with Crippen molar-refractivity contribution in [2.45, 2.75) is 76.4 Å². The molecule has 0 spiro atoms. The summed E-state index contributed by atoms with van der Waals surface area (Å²) in [6.07, 6.45) is 15.6. The molecule has 0 amide bonds. The van der Waals surface area contributed by atoms with Gasteiger partial charge in [-0.3, -0.25) is 4.79 Å². The molecule has 0 aromatic carbocycles. The van der Waals surface area contributed by atoms with E-state index >= 15 is 0 Å². The fraction of sp³-hybridized carbons (Fsp3) is 0.762. The summed E-state index contributed by atoms with van der Waals surface area (Å²) in [5, 5.41) is 29.0. The summed E-state index contributed by atoms with van der Waals surface area (Å²) in [6.45, 7) is 0.827. The van der Waals surface area contributed by atoms with Crippen molar-refractivity contribution in [3.05, 3.63) is 24.3 Å². The summed E-state index contributed by atoms with van der Waals surface area (Å²) in [4.78, 5) is 10.5. The van der Waals surface area contributed by atoms with Crippen LogP contribution < -0.4 is 0 Å². The second kappa shape index (κ2) is 14.0. The van der Waals surface area contributed by atoms with Gasteiger partial charge in [0.25, 0.3) is 0 Å². The van der Waals surface area contributed by atoms with E-state index in [0.717, 1.165) is 38.7 Å². The smallest absolute Gasteiger partial charge is 0.303 e. The van der Waals surface area contributed by atoms with Gasteiger partial charge in [-0.2, -0.15) is 0 Å². The number of allylic oxidation sites excluding steroid dienone is 3. The van der Waals surface area contributed by atoms with Crippen LogP contribution in [0.15, 0.2) is 24.3 Å². The maximum absolute atomic E-state index is 10.5. The highest BCUT2D eigenvalue weighted by atomic mass is 16.5. The van der Waals surface area contributed by atoms with Crippen LogP contribution in [0.3, 0.4) is 0 Å². The highest BCUT2D eigenvalue weighted by Gasteiger charge is 2.39. The van der Waals surface area contributed by atoms with E-state index in [4.69, 9.17) is 9.84 Å². The molecule has 0 heterocycles. The number of carbonyl (C=O) groups is 1. The highest BCUT2D eigenvalue weighted by molar-refractivity contribution is 5.66. The van der Waals surface area contributed by atoms with Gasteiger partial charge in [0.1, 0.15) is 0 Å². The highest BCUT2D eigenvalue weighted by Crippen LogP contribution is 2.36. The SMILES string of the molecule is COCCCCCC/C=C/[C@@H]1C(C/C=C\CCCC(=O)O)[C@@H](O)C[C@H]1O. The Balaban J connectivity index is 2.31. The molecule has 26 heavy (non-hydrogen) atoms. The van der Waals surface area contributed by atoms with Crippen LogP contribution in [-0.2, 0) is 9.53 Å². The molecule has 1 saturated carbocycles. The molecule has 0 aliphatic heterocycles. The number of ether oxygens (including phenoxy) is 1. The van der Waals surface area contributed by atoms with Gasteiger partial charge in [-0.05, 0) is 44.4 Å². The summed E-state index contributed by atoms with van der Waals surface area (Å²) >= 11 is 0. The number of aliphatic hydroxyl groups excluding tert-OH is 2. The maximum Gasteiger partial charge on any atom is 0.303 e. The lowest BCUT2D eigenvalue weighted by Crippen LogP contribution is -2.19.